The number of benzene rings is 1. The summed E-state index contributed by atoms with van der Waals surface area (Å²) < 4.78 is 5.28. The molecule has 2 rings (SSSR count). The van der Waals surface area contributed by atoms with Crippen LogP contribution in [-0.2, 0) is 0 Å². The van der Waals surface area contributed by atoms with Crippen LogP contribution in [0.2, 0.25) is 0 Å². The molecule has 1 aromatic carbocycles. The Morgan fingerprint density at radius 2 is 2.25 bits per heavy atom. The molecule has 0 spiro atoms. The number of hydrogen-bond donors (Lipinski definition) is 1. The lowest BCUT2D eigenvalue weighted by molar-refractivity contribution is 0.0952. The van der Waals surface area contributed by atoms with E-state index in [2.05, 4.69) is 5.32 Å². The van der Waals surface area contributed by atoms with Gasteiger partial charge >= 0.3 is 0 Å². The molecule has 1 unspecified atom stereocenters. The first kappa shape index (κ1) is 10.9. The molecule has 2 aromatic rings. The van der Waals surface area contributed by atoms with Gasteiger partial charge in [-0.15, -0.1) is 0 Å². The van der Waals surface area contributed by atoms with Crippen LogP contribution in [0, 0.1) is 0 Å². The van der Waals surface area contributed by atoms with Crippen LogP contribution in [0.4, 0.5) is 0 Å². The fourth-order valence-corrected chi connectivity index (χ4v) is 1.76. The van der Waals surface area contributed by atoms with Gasteiger partial charge in [-0.3, -0.25) is 4.79 Å². The second-order valence-electron chi connectivity index (χ2n) is 3.82. The topological polar surface area (TPSA) is 42.2 Å². The van der Waals surface area contributed by atoms with Crippen LogP contribution < -0.4 is 5.32 Å². The predicted molar refractivity (Wildman–Crippen MR) is 63.7 cm³/mol. The lowest BCUT2D eigenvalue weighted by Crippen LogP contribution is -2.33. The minimum atomic E-state index is -0.155. The molecular weight excluding hydrogens is 202 g/mol. The third kappa shape index (κ3) is 1.99. The summed E-state index contributed by atoms with van der Waals surface area (Å²) in [4.78, 5) is 12.0. The summed E-state index contributed by atoms with van der Waals surface area (Å²) in [6.07, 6.45) is 1.63. The Bertz CT molecular complexity index is 501. The minimum absolute atomic E-state index is 0.0974. The number of hydrogen-bond acceptors (Lipinski definition) is 3. The van der Waals surface area contributed by atoms with Gasteiger partial charge in [-0.1, -0.05) is 19.1 Å². The molecule has 1 atom stereocenters. The second kappa shape index (κ2) is 4.49. The number of likely N-dealkylation sites (N-methyl/N-ethyl adjacent to an activating group) is 1. The van der Waals surface area contributed by atoms with Gasteiger partial charge < -0.3 is 9.73 Å². The average molecular weight is 217 g/mol. The zero-order valence-electron chi connectivity index (χ0n) is 9.49. The second-order valence-corrected chi connectivity index (χ2v) is 3.82. The van der Waals surface area contributed by atoms with E-state index >= 15 is 0 Å². The van der Waals surface area contributed by atoms with Crippen molar-refractivity contribution < 1.29 is 9.21 Å². The molecule has 3 nitrogen and oxygen atoms in total. The fraction of sp³-hybridized carbons (Fsp3) is 0.308. The van der Waals surface area contributed by atoms with Gasteiger partial charge in [0.1, 0.15) is 5.58 Å². The van der Waals surface area contributed by atoms with Crippen LogP contribution in [0.15, 0.2) is 34.9 Å². The molecule has 0 amide bonds. The number of nitrogens with one attached hydrogen (secondary N) is 1. The molecule has 0 aliphatic carbocycles. The number of rotatable bonds is 4. The van der Waals surface area contributed by atoms with Gasteiger partial charge in [0, 0.05) is 10.9 Å². The molecule has 16 heavy (non-hydrogen) atoms. The maximum atomic E-state index is 12.0. The number of carbonyl (C=O) groups is 1. The summed E-state index contributed by atoms with van der Waals surface area (Å²) in [6, 6.07) is 7.28. The predicted octanol–water partition coefficient (Wildman–Crippen LogP) is 2.61. The highest BCUT2D eigenvalue weighted by atomic mass is 16.3. The molecule has 0 saturated heterocycles. The molecule has 84 valence electrons. The van der Waals surface area contributed by atoms with Crippen LogP contribution >= 0.6 is 0 Å². The van der Waals surface area contributed by atoms with E-state index < -0.39 is 0 Å². The van der Waals surface area contributed by atoms with E-state index in [9.17, 15) is 4.79 Å². The number of fused-ring (bicyclic) bond motifs is 1. The highest BCUT2D eigenvalue weighted by molar-refractivity contribution is 6.02. The molecule has 1 N–H and O–H groups in total. The van der Waals surface area contributed by atoms with Crippen LogP contribution in [0.1, 0.15) is 24.2 Å². The van der Waals surface area contributed by atoms with Crippen molar-refractivity contribution in [2.45, 2.75) is 19.9 Å². The Balaban J connectivity index is 2.28. The first-order valence-corrected chi connectivity index (χ1v) is 5.47. The number of Topliss-reactive ketones (excluding diaryl/α,β-unsaturated/α-hetero) is 1. The Labute approximate surface area is 94.4 Å². The largest absolute Gasteiger partial charge is 0.464 e. The minimum Gasteiger partial charge on any atom is -0.464 e. The molecule has 1 aromatic heterocycles. The standard InChI is InChI=1S/C13H15NO2/c1-3-14-9(2)13(15)11-5-4-10-6-7-16-12(10)8-11/h4-9,14H,3H2,1-2H3. The van der Waals surface area contributed by atoms with E-state index in [0.29, 0.717) is 5.56 Å². The zero-order chi connectivity index (χ0) is 11.5. The average Bonchev–Trinajstić information content (AvgIpc) is 2.75. The van der Waals surface area contributed by atoms with Crippen molar-refractivity contribution in [1.82, 2.24) is 5.32 Å². The van der Waals surface area contributed by atoms with Gasteiger partial charge in [-0.2, -0.15) is 0 Å². The van der Waals surface area contributed by atoms with E-state index in [1.807, 2.05) is 32.0 Å². The third-order valence-corrected chi connectivity index (χ3v) is 2.64. The molecular formula is C13H15NO2. The molecule has 3 heteroatoms. The molecule has 0 radical (unpaired) electrons. The van der Waals surface area contributed by atoms with Crippen molar-refractivity contribution in [3.8, 4) is 0 Å². The summed E-state index contributed by atoms with van der Waals surface area (Å²) in [6.45, 7) is 4.65. The summed E-state index contributed by atoms with van der Waals surface area (Å²) in [5.74, 6) is 0.0974. The number of ketones is 1. The highest BCUT2D eigenvalue weighted by Crippen LogP contribution is 2.17. The van der Waals surface area contributed by atoms with Crippen LogP contribution in [-0.4, -0.2) is 18.4 Å². The molecule has 0 saturated carbocycles. The van der Waals surface area contributed by atoms with Gasteiger partial charge in [0.15, 0.2) is 5.78 Å². The SMILES string of the molecule is CCNC(C)C(=O)c1ccc2ccoc2c1. The normalized spacial score (nSPS) is 12.9. The Hall–Kier alpha value is -1.61. The maximum Gasteiger partial charge on any atom is 0.179 e. The van der Waals surface area contributed by atoms with Gasteiger partial charge in [-0.25, -0.2) is 0 Å². The van der Waals surface area contributed by atoms with Gasteiger partial charge in [0.2, 0.25) is 0 Å². The zero-order valence-corrected chi connectivity index (χ0v) is 9.49. The van der Waals surface area contributed by atoms with Crippen molar-refractivity contribution in [2.24, 2.45) is 0 Å². The molecule has 0 fully saturated rings. The lowest BCUT2D eigenvalue weighted by atomic mass is 10.0. The smallest absolute Gasteiger partial charge is 0.179 e. The number of furan rings is 1. The van der Waals surface area contributed by atoms with Crippen molar-refractivity contribution in [2.75, 3.05) is 6.54 Å². The summed E-state index contributed by atoms with van der Waals surface area (Å²) in [7, 11) is 0. The van der Waals surface area contributed by atoms with E-state index in [-0.39, 0.29) is 11.8 Å². The first-order valence-electron chi connectivity index (χ1n) is 5.47. The van der Waals surface area contributed by atoms with Crippen molar-refractivity contribution >= 4 is 16.8 Å². The van der Waals surface area contributed by atoms with Gasteiger partial charge in [0.25, 0.3) is 0 Å². The van der Waals surface area contributed by atoms with E-state index in [0.717, 1.165) is 17.5 Å². The fourth-order valence-electron chi connectivity index (χ4n) is 1.76. The van der Waals surface area contributed by atoms with Crippen LogP contribution in [0.5, 0.6) is 0 Å². The Morgan fingerprint density at radius 1 is 1.44 bits per heavy atom. The van der Waals surface area contributed by atoms with Crippen LogP contribution in [0.25, 0.3) is 11.0 Å². The summed E-state index contributed by atoms with van der Waals surface area (Å²) in [5.41, 5.74) is 1.45. The quantitative estimate of drug-likeness (QED) is 0.800. The van der Waals surface area contributed by atoms with Crippen LogP contribution in [0.3, 0.4) is 0 Å². The molecule has 0 aliphatic heterocycles. The molecule has 0 aliphatic rings. The molecule has 1 heterocycles. The van der Waals surface area contributed by atoms with Crippen molar-refractivity contribution in [3.63, 3.8) is 0 Å². The number of carbonyl (C=O) groups excluding carboxylic acids is 1. The monoisotopic (exact) mass is 217 g/mol. The maximum absolute atomic E-state index is 12.0. The lowest BCUT2D eigenvalue weighted by Gasteiger charge is -2.10. The van der Waals surface area contributed by atoms with E-state index in [4.69, 9.17) is 4.42 Å². The van der Waals surface area contributed by atoms with Gasteiger partial charge in [0.05, 0.1) is 12.3 Å². The Kier molecular flexibility index (Phi) is 3.06. The summed E-state index contributed by atoms with van der Waals surface area (Å²) >= 11 is 0. The third-order valence-electron chi connectivity index (χ3n) is 2.64. The highest BCUT2D eigenvalue weighted by Gasteiger charge is 2.14. The molecule has 0 bridgehead atoms. The van der Waals surface area contributed by atoms with E-state index in [1.165, 1.54) is 0 Å². The van der Waals surface area contributed by atoms with Crippen molar-refractivity contribution in [3.05, 3.63) is 36.1 Å². The Morgan fingerprint density at radius 3 is 3.00 bits per heavy atom. The first-order chi connectivity index (χ1) is 7.72. The van der Waals surface area contributed by atoms with Crippen molar-refractivity contribution in [1.29, 1.82) is 0 Å². The summed E-state index contributed by atoms with van der Waals surface area (Å²) in [5, 5.41) is 4.13. The van der Waals surface area contributed by atoms with E-state index in [1.54, 1.807) is 12.3 Å². The van der Waals surface area contributed by atoms with Gasteiger partial charge in [-0.05, 0) is 25.6 Å².